The first-order valence-electron chi connectivity index (χ1n) is 6.44. The highest BCUT2D eigenvalue weighted by Crippen LogP contribution is 2.21. The summed E-state index contributed by atoms with van der Waals surface area (Å²) in [7, 11) is -4.05. The van der Waals surface area contributed by atoms with Crippen molar-refractivity contribution in [3.8, 4) is 0 Å². The zero-order valence-electron chi connectivity index (χ0n) is 11.4. The van der Waals surface area contributed by atoms with Crippen LogP contribution in [0.3, 0.4) is 0 Å². The molecule has 9 nitrogen and oxygen atoms in total. The predicted molar refractivity (Wildman–Crippen MR) is 74.9 cm³/mol. The summed E-state index contributed by atoms with van der Waals surface area (Å²) in [6, 6.07) is 5.31. The largest absolute Gasteiger partial charge is 0.399 e. The van der Waals surface area contributed by atoms with E-state index in [0.717, 1.165) is 0 Å². The second-order valence-corrected chi connectivity index (χ2v) is 6.65. The number of nitrogen functional groups attached to an aromatic ring is 1. The number of anilines is 1. The molecule has 0 bridgehead atoms. The van der Waals surface area contributed by atoms with Gasteiger partial charge in [-0.25, -0.2) is 8.42 Å². The first-order valence-corrected chi connectivity index (χ1v) is 7.93. The molecule has 1 aliphatic rings. The van der Waals surface area contributed by atoms with Gasteiger partial charge in [-0.15, -0.1) is 0 Å². The van der Waals surface area contributed by atoms with E-state index in [4.69, 9.17) is 15.6 Å². The van der Waals surface area contributed by atoms with Gasteiger partial charge >= 0.3 is 0 Å². The number of sulfonamides is 1. The summed E-state index contributed by atoms with van der Waals surface area (Å²) in [5.74, 6) is 0. The van der Waals surface area contributed by atoms with Gasteiger partial charge in [0.15, 0.2) is 6.23 Å². The number of aliphatic hydroxyl groups is 4. The smallest absolute Gasteiger partial charge is 0.242 e. The molecule has 1 heterocycles. The highest BCUT2D eigenvalue weighted by molar-refractivity contribution is 7.89. The van der Waals surface area contributed by atoms with Gasteiger partial charge in [-0.2, -0.15) is 4.72 Å². The van der Waals surface area contributed by atoms with Gasteiger partial charge in [0.05, 0.1) is 11.5 Å². The van der Waals surface area contributed by atoms with E-state index in [-0.39, 0.29) is 4.90 Å². The topological polar surface area (TPSA) is 162 Å². The van der Waals surface area contributed by atoms with Crippen LogP contribution in [-0.2, 0) is 14.8 Å². The molecule has 0 aliphatic carbocycles. The second-order valence-electron chi connectivity index (χ2n) is 4.94. The molecule has 124 valence electrons. The number of rotatable bonds is 4. The Labute approximate surface area is 127 Å². The molecular formula is C12H18N2O7S. The van der Waals surface area contributed by atoms with Crippen LogP contribution < -0.4 is 10.5 Å². The average Bonchev–Trinajstić information content (AvgIpc) is 2.48. The zero-order chi connectivity index (χ0) is 16.5. The van der Waals surface area contributed by atoms with Crippen molar-refractivity contribution in [1.29, 1.82) is 0 Å². The normalized spacial score (nSPS) is 32.8. The van der Waals surface area contributed by atoms with Gasteiger partial charge in [-0.1, -0.05) is 0 Å². The van der Waals surface area contributed by atoms with Gasteiger partial charge in [-0.3, -0.25) is 0 Å². The van der Waals surface area contributed by atoms with Crippen LogP contribution in [0.2, 0.25) is 0 Å². The van der Waals surface area contributed by atoms with Crippen molar-refractivity contribution in [1.82, 2.24) is 4.72 Å². The highest BCUT2D eigenvalue weighted by atomic mass is 32.2. The summed E-state index contributed by atoms with van der Waals surface area (Å²) >= 11 is 0. The third kappa shape index (κ3) is 3.38. The molecule has 22 heavy (non-hydrogen) atoms. The first kappa shape index (κ1) is 17.1. The fraction of sp³-hybridized carbons (Fsp3) is 0.500. The summed E-state index contributed by atoms with van der Waals surface area (Å²) in [6.07, 6.45) is -7.63. The molecule has 7 N–H and O–H groups in total. The van der Waals surface area contributed by atoms with Crippen LogP contribution >= 0.6 is 0 Å². The minimum atomic E-state index is -4.05. The molecule has 1 aromatic carbocycles. The Kier molecular flexibility index (Phi) is 5.02. The van der Waals surface area contributed by atoms with Crippen LogP contribution in [0.15, 0.2) is 29.2 Å². The average molecular weight is 334 g/mol. The van der Waals surface area contributed by atoms with Gasteiger partial charge in [0, 0.05) is 5.69 Å². The molecule has 0 saturated carbocycles. The van der Waals surface area contributed by atoms with Crippen LogP contribution in [0, 0.1) is 0 Å². The Morgan fingerprint density at radius 2 is 1.68 bits per heavy atom. The van der Waals surface area contributed by atoms with Gasteiger partial charge in [0.1, 0.15) is 24.4 Å². The maximum atomic E-state index is 12.2. The number of hydrogen-bond donors (Lipinski definition) is 6. The highest BCUT2D eigenvalue weighted by Gasteiger charge is 2.44. The maximum absolute atomic E-state index is 12.2. The fourth-order valence-corrected chi connectivity index (χ4v) is 3.20. The van der Waals surface area contributed by atoms with Crippen LogP contribution in [0.5, 0.6) is 0 Å². The Bertz CT molecular complexity index is 604. The standard InChI is InChI=1S/C12H18N2O7S/c13-6-1-3-7(4-2-6)22(19,20)14-12-11(18)10(17)9(16)8(5-15)21-12/h1-4,8-12,14-18H,5,13H2/t8-,9-,10+,11-,12-/m1/s1. The van der Waals surface area contributed by atoms with Gasteiger partial charge in [0.25, 0.3) is 0 Å². The quantitative estimate of drug-likeness (QED) is 0.325. The zero-order valence-corrected chi connectivity index (χ0v) is 12.2. The van der Waals surface area contributed by atoms with E-state index in [2.05, 4.69) is 4.72 Å². The fourth-order valence-electron chi connectivity index (χ4n) is 2.07. The number of nitrogens with two attached hydrogens (primary N) is 1. The summed E-state index contributed by atoms with van der Waals surface area (Å²) in [6.45, 7) is -0.648. The predicted octanol–water partition coefficient (Wildman–Crippen LogP) is -2.65. The van der Waals surface area contributed by atoms with Crippen LogP contribution in [-0.4, -0.2) is 66.1 Å². The molecule has 0 radical (unpaired) electrons. The molecule has 0 amide bonds. The summed E-state index contributed by atoms with van der Waals surface area (Å²) in [5.41, 5.74) is 5.86. The molecule has 10 heteroatoms. The Balaban J connectivity index is 2.19. The van der Waals surface area contributed by atoms with Crippen molar-refractivity contribution in [2.45, 2.75) is 35.5 Å². The van der Waals surface area contributed by atoms with E-state index in [9.17, 15) is 23.7 Å². The van der Waals surface area contributed by atoms with Crippen LogP contribution in [0.4, 0.5) is 5.69 Å². The van der Waals surface area contributed by atoms with Crippen LogP contribution in [0.25, 0.3) is 0 Å². The number of hydrogen-bond acceptors (Lipinski definition) is 8. The summed E-state index contributed by atoms with van der Waals surface area (Å²) in [4.78, 5) is -0.112. The summed E-state index contributed by atoms with van der Waals surface area (Å²) in [5, 5.41) is 38.1. The minimum absolute atomic E-state index is 0.112. The Hall–Kier alpha value is -1.27. The molecule has 0 aromatic heterocycles. The minimum Gasteiger partial charge on any atom is -0.399 e. The van der Waals surface area contributed by atoms with Crippen molar-refractivity contribution in [3.05, 3.63) is 24.3 Å². The van der Waals surface area contributed by atoms with E-state index < -0.39 is 47.3 Å². The molecule has 5 atom stereocenters. The number of benzene rings is 1. The van der Waals surface area contributed by atoms with E-state index in [1.165, 1.54) is 24.3 Å². The van der Waals surface area contributed by atoms with E-state index in [1.54, 1.807) is 0 Å². The SMILES string of the molecule is Nc1ccc(S(=O)(=O)N[C@@H]2O[C@H](CO)[C@@H](O)[C@H](O)[C@H]2O)cc1. The molecule has 1 aliphatic heterocycles. The van der Waals surface area contributed by atoms with Gasteiger partial charge < -0.3 is 30.9 Å². The van der Waals surface area contributed by atoms with Crippen molar-refractivity contribution in [3.63, 3.8) is 0 Å². The lowest BCUT2D eigenvalue weighted by Gasteiger charge is -2.39. The first-order chi connectivity index (χ1) is 10.3. The number of nitrogens with one attached hydrogen (secondary N) is 1. The Morgan fingerprint density at radius 1 is 1.09 bits per heavy atom. The third-order valence-electron chi connectivity index (χ3n) is 3.35. The monoisotopic (exact) mass is 334 g/mol. The summed E-state index contributed by atoms with van der Waals surface area (Å²) < 4.78 is 31.5. The molecular weight excluding hydrogens is 316 g/mol. The van der Waals surface area contributed by atoms with Crippen molar-refractivity contribution < 1.29 is 33.6 Å². The molecule has 0 spiro atoms. The molecule has 2 rings (SSSR count). The van der Waals surface area contributed by atoms with Crippen molar-refractivity contribution >= 4 is 15.7 Å². The Morgan fingerprint density at radius 3 is 2.23 bits per heavy atom. The number of ether oxygens (including phenoxy) is 1. The second kappa shape index (κ2) is 6.46. The molecule has 1 aromatic rings. The number of aliphatic hydroxyl groups excluding tert-OH is 4. The van der Waals surface area contributed by atoms with E-state index >= 15 is 0 Å². The molecule has 0 unspecified atom stereocenters. The molecule has 1 fully saturated rings. The van der Waals surface area contributed by atoms with E-state index in [1.807, 2.05) is 0 Å². The lowest BCUT2D eigenvalue weighted by atomic mass is 9.99. The lowest BCUT2D eigenvalue weighted by molar-refractivity contribution is -0.231. The van der Waals surface area contributed by atoms with Gasteiger partial charge in [-0.05, 0) is 24.3 Å². The van der Waals surface area contributed by atoms with Crippen molar-refractivity contribution in [2.75, 3.05) is 12.3 Å². The maximum Gasteiger partial charge on any atom is 0.242 e. The lowest BCUT2D eigenvalue weighted by Crippen LogP contribution is -2.63. The third-order valence-corrected chi connectivity index (χ3v) is 4.79. The van der Waals surface area contributed by atoms with Crippen LogP contribution in [0.1, 0.15) is 0 Å². The van der Waals surface area contributed by atoms with Gasteiger partial charge in [0.2, 0.25) is 10.0 Å². The molecule has 1 saturated heterocycles. The van der Waals surface area contributed by atoms with E-state index in [0.29, 0.717) is 5.69 Å². The van der Waals surface area contributed by atoms with Crippen molar-refractivity contribution in [2.24, 2.45) is 0 Å².